The van der Waals surface area contributed by atoms with E-state index in [0.717, 1.165) is 42.8 Å². The van der Waals surface area contributed by atoms with Crippen LogP contribution in [0.1, 0.15) is 89.7 Å². The molecule has 0 amide bonds. The lowest BCUT2D eigenvalue weighted by atomic mass is 9.94. The standard InChI is InChI=1S/C30H40Br3NO.ClH/c1-3-5-7-9-11-17-34(18-12-10-8-6-4-2)21-28(35)29-26-19-22(31)13-15-24(26)25-16-14-23(32)20-27(25)30(29)33;/h13-16,19-20,28,35H,3-12,17-18,21H2,1-2H3;1H. The molecule has 0 aliphatic heterocycles. The SMILES string of the molecule is CCCCCCCN(CCCCCCC)CC(O)c1c(Br)c2cc(Br)ccc2c2ccc(Br)cc12.Cl. The normalized spacial score (nSPS) is 12.4. The third-order valence-electron chi connectivity index (χ3n) is 6.94. The molecule has 0 aromatic heterocycles. The van der Waals surface area contributed by atoms with Gasteiger partial charge < -0.3 is 10.0 Å². The van der Waals surface area contributed by atoms with Gasteiger partial charge in [0.15, 0.2) is 0 Å². The molecule has 6 heteroatoms. The van der Waals surface area contributed by atoms with Crippen LogP contribution in [0.5, 0.6) is 0 Å². The predicted octanol–water partition coefficient (Wildman–Crippen LogP) is 11.0. The lowest BCUT2D eigenvalue weighted by molar-refractivity contribution is 0.111. The van der Waals surface area contributed by atoms with Gasteiger partial charge in [0.2, 0.25) is 0 Å². The van der Waals surface area contributed by atoms with E-state index in [-0.39, 0.29) is 12.4 Å². The molecule has 0 aliphatic carbocycles. The van der Waals surface area contributed by atoms with Crippen molar-refractivity contribution in [3.05, 3.63) is 55.4 Å². The molecule has 0 fully saturated rings. The van der Waals surface area contributed by atoms with Crippen molar-refractivity contribution in [1.29, 1.82) is 0 Å². The van der Waals surface area contributed by atoms with E-state index in [1.54, 1.807) is 0 Å². The van der Waals surface area contributed by atoms with Gasteiger partial charge in [-0.1, -0.05) is 109 Å². The zero-order chi connectivity index (χ0) is 25.2. The first-order chi connectivity index (χ1) is 17.0. The molecule has 200 valence electrons. The monoisotopic (exact) mass is 703 g/mol. The van der Waals surface area contributed by atoms with Crippen molar-refractivity contribution in [1.82, 2.24) is 4.90 Å². The maximum atomic E-state index is 11.7. The first-order valence-corrected chi connectivity index (χ1v) is 15.7. The Balaban J connectivity index is 0.00000456. The molecule has 1 atom stereocenters. The quantitative estimate of drug-likeness (QED) is 0.126. The Morgan fingerprint density at radius 1 is 0.667 bits per heavy atom. The predicted molar refractivity (Wildman–Crippen MR) is 171 cm³/mol. The molecule has 1 unspecified atom stereocenters. The van der Waals surface area contributed by atoms with Crippen LogP contribution in [0.15, 0.2) is 49.8 Å². The highest BCUT2D eigenvalue weighted by Crippen LogP contribution is 2.41. The topological polar surface area (TPSA) is 23.5 Å². The van der Waals surface area contributed by atoms with E-state index in [0.29, 0.717) is 6.54 Å². The van der Waals surface area contributed by atoms with Gasteiger partial charge in [-0.25, -0.2) is 0 Å². The van der Waals surface area contributed by atoms with E-state index in [1.807, 2.05) is 0 Å². The molecule has 0 heterocycles. The zero-order valence-corrected chi connectivity index (χ0v) is 27.2. The Morgan fingerprint density at radius 3 is 1.67 bits per heavy atom. The Kier molecular flexibility index (Phi) is 14.9. The third kappa shape index (κ3) is 8.95. The highest BCUT2D eigenvalue weighted by Gasteiger charge is 2.22. The number of hydrogen-bond donors (Lipinski definition) is 1. The molecule has 0 aliphatic rings. The van der Waals surface area contributed by atoms with Crippen LogP contribution in [0.4, 0.5) is 0 Å². The Morgan fingerprint density at radius 2 is 1.14 bits per heavy atom. The zero-order valence-electron chi connectivity index (χ0n) is 21.7. The first kappa shape index (κ1) is 32.0. The fourth-order valence-corrected chi connectivity index (χ4v) is 6.53. The summed E-state index contributed by atoms with van der Waals surface area (Å²) >= 11 is 11.2. The van der Waals surface area contributed by atoms with Crippen molar-refractivity contribution in [2.45, 2.75) is 84.2 Å². The summed E-state index contributed by atoms with van der Waals surface area (Å²) in [5, 5.41) is 16.3. The average molecular weight is 707 g/mol. The second kappa shape index (κ2) is 16.7. The minimum absolute atomic E-state index is 0. The molecule has 1 N–H and O–H groups in total. The summed E-state index contributed by atoms with van der Waals surface area (Å²) in [6.45, 7) is 7.32. The third-order valence-corrected chi connectivity index (χ3v) is 8.78. The maximum Gasteiger partial charge on any atom is 0.0934 e. The van der Waals surface area contributed by atoms with E-state index < -0.39 is 6.10 Å². The second-order valence-electron chi connectivity index (χ2n) is 9.75. The molecule has 0 saturated heterocycles. The number of nitrogens with zero attached hydrogens (tertiary/aromatic N) is 1. The summed E-state index contributed by atoms with van der Waals surface area (Å²) in [6, 6.07) is 12.8. The largest absolute Gasteiger partial charge is 0.387 e. The summed E-state index contributed by atoms with van der Waals surface area (Å²) in [5.74, 6) is 0. The van der Waals surface area contributed by atoms with Gasteiger partial charge in [0.05, 0.1) is 6.10 Å². The fraction of sp³-hybridized carbons (Fsp3) is 0.533. The molecule has 3 aromatic carbocycles. The van der Waals surface area contributed by atoms with Crippen molar-refractivity contribution in [3.8, 4) is 0 Å². The number of aliphatic hydroxyl groups excluding tert-OH is 1. The second-order valence-corrected chi connectivity index (χ2v) is 12.4. The van der Waals surface area contributed by atoms with Crippen molar-refractivity contribution in [2.75, 3.05) is 19.6 Å². The van der Waals surface area contributed by atoms with Crippen LogP contribution in [0.2, 0.25) is 0 Å². The Bertz CT molecular complexity index is 1080. The summed E-state index contributed by atoms with van der Waals surface area (Å²) in [4.78, 5) is 2.50. The number of hydrogen-bond acceptors (Lipinski definition) is 2. The molecule has 3 aromatic rings. The molecular weight excluding hydrogens is 666 g/mol. The summed E-state index contributed by atoms with van der Waals surface area (Å²) in [7, 11) is 0. The minimum atomic E-state index is -0.559. The smallest absolute Gasteiger partial charge is 0.0934 e. The van der Waals surface area contributed by atoms with Gasteiger partial charge in [0.25, 0.3) is 0 Å². The van der Waals surface area contributed by atoms with Crippen molar-refractivity contribution in [3.63, 3.8) is 0 Å². The van der Waals surface area contributed by atoms with Gasteiger partial charge in [0.1, 0.15) is 0 Å². The van der Waals surface area contributed by atoms with Crippen molar-refractivity contribution in [2.24, 2.45) is 0 Å². The number of benzene rings is 3. The van der Waals surface area contributed by atoms with E-state index in [2.05, 4.69) is 103 Å². The van der Waals surface area contributed by atoms with Gasteiger partial charge >= 0.3 is 0 Å². The minimum Gasteiger partial charge on any atom is -0.387 e. The van der Waals surface area contributed by atoms with Crippen LogP contribution >= 0.6 is 60.2 Å². The molecule has 3 rings (SSSR count). The van der Waals surface area contributed by atoms with Gasteiger partial charge in [-0.3, -0.25) is 0 Å². The van der Waals surface area contributed by atoms with E-state index in [1.165, 1.54) is 75.0 Å². The van der Waals surface area contributed by atoms with Gasteiger partial charge in [-0.2, -0.15) is 0 Å². The fourth-order valence-electron chi connectivity index (χ4n) is 5.00. The van der Waals surface area contributed by atoms with Gasteiger partial charge in [-0.05, 0) is 87.7 Å². The molecule has 0 saturated carbocycles. The average Bonchev–Trinajstić information content (AvgIpc) is 2.83. The molecule has 0 spiro atoms. The van der Waals surface area contributed by atoms with Gasteiger partial charge in [-0.15, -0.1) is 12.4 Å². The van der Waals surface area contributed by atoms with Crippen LogP contribution in [-0.2, 0) is 0 Å². The Hall–Kier alpha value is -0.170. The highest BCUT2D eigenvalue weighted by atomic mass is 79.9. The van der Waals surface area contributed by atoms with Crippen LogP contribution < -0.4 is 0 Å². The van der Waals surface area contributed by atoms with E-state index in [9.17, 15) is 5.11 Å². The molecule has 36 heavy (non-hydrogen) atoms. The summed E-state index contributed by atoms with van der Waals surface area (Å²) < 4.78 is 3.08. The molecular formula is C30H41Br3ClNO. The van der Waals surface area contributed by atoms with Crippen LogP contribution in [-0.4, -0.2) is 29.6 Å². The van der Waals surface area contributed by atoms with Crippen LogP contribution in [0.3, 0.4) is 0 Å². The lowest BCUT2D eigenvalue weighted by Crippen LogP contribution is -2.31. The van der Waals surface area contributed by atoms with Crippen molar-refractivity contribution < 1.29 is 5.11 Å². The first-order valence-electron chi connectivity index (χ1n) is 13.4. The molecule has 0 radical (unpaired) electrons. The van der Waals surface area contributed by atoms with E-state index in [4.69, 9.17) is 0 Å². The van der Waals surface area contributed by atoms with Gasteiger partial charge in [0, 0.05) is 25.5 Å². The Labute approximate surface area is 249 Å². The number of unbranched alkanes of at least 4 members (excludes halogenated alkanes) is 8. The van der Waals surface area contributed by atoms with E-state index >= 15 is 0 Å². The highest BCUT2D eigenvalue weighted by molar-refractivity contribution is 9.11. The maximum absolute atomic E-state index is 11.7. The lowest BCUT2D eigenvalue weighted by Gasteiger charge is -2.27. The molecule has 2 nitrogen and oxygen atoms in total. The van der Waals surface area contributed by atoms with Crippen LogP contribution in [0.25, 0.3) is 21.5 Å². The van der Waals surface area contributed by atoms with Crippen LogP contribution in [0, 0.1) is 0 Å². The number of rotatable bonds is 15. The summed E-state index contributed by atoms with van der Waals surface area (Å²) in [5.41, 5.74) is 0.994. The number of fused-ring (bicyclic) bond motifs is 3. The van der Waals surface area contributed by atoms with Crippen molar-refractivity contribution >= 4 is 81.7 Å². The number of aliphatic hydroxyl groups is 1. The summed E-state index contributed by atoms with van der Waals surface area (Å²) in [6.07, 6.45) is 12.2. The number of halogens is 4. The molecule has 0 bridgehead atoms.